The van der Waals surface area contributed by atoms with Crippen molar-refractivity contribution in [3.63, 3.8) is 0 Å². The number of amides is 1. The van der Waals surface area contributed by atoms with E-state index in [1.807, 2.05) is 18.2 Å². The molecule has 5 nitrogen and oxygen atoms in total. The highest BCUT2D eigenvalue weighted by molar-refractivity contribution is 8.03. The Hall–Kier alpha value is -2.82. The Balaban J connectivity index is 1.79. The van der Waals surface area contributed by atoms with E-state index in [4.69, 9.17) is 4.74 Å². The fraction of sp³-hybridized carbons (Fsp3) is 0.238. The quantitative estimate of drug-likeness (QED) is 0.860. The molecule has 0 saturated carbocycles. The molecule has 28 heavy (non-hydrogen) atoms. The third-order valence-electron chi connectivity index (χ3n) is 5.11. The minimum atomic E-state index is -1.60. The summed E-state index contributed by atoms with van der Waals surface area (Å²) in [5.41, 5.74) is 0.0682. The predicted molar refractivity (Wildman–Crippen MR) is 103 cm³/mol. The summed E-state index contributed by atoms with van der Waals surface area (Å²) in [6.45, 7) is 0. The molecule has 2 aromatic carbocycles. The maximum absolute atomic E-state index is 13.3. The van der Waals surface area contributed by atoms with Gasteiger partial charge in [-0.2, -0.15) is 5.26 Å². The largest absolute Gasteiger partial charge is 0.497 e. The Morgan fingerprint density at radius 2 is 2.07 bits per heavy atom. The number of ether oxygens (including phenoxy) is 1. The summed E-state index contributed by atoms with van der Waals surface area (Å²) in [4.78, 5) is 14.3. The Morgan fingerprint density at radius 1 is 1.32 bits per heavy atom. The van der Waals surface area contributed by atoms with Gasteiger partial charge >= 0.3 is 0 Å². The lowest BCUT2D eigenvalue weighted by molar-refractivity contribution is -0.149. The number of hydrogen-bond acceptors (Lipinski definition) is 5. The molecule has 4 rings (SSSR count). The smallest absolute Gasteiger partial charge is 0.231 e. The first kappa shape index (κ1) is 18.5. The number of hydrogen-bond donors (Lipinski definition) is 1. The van der Waals surface area contributed by atoms with Crippen molar-refractivity contribution in [1.82, 2.24) is 4.90 Å². The Labute approximate surface area is 166 Å². The molecular formula is C21H17FN2O3S. The standard InChI is InChI=1S/C21H17FN2O3S/c1-27-16-4-2-3-13(9-16)17-10-19(25)24-20(18(17)11-23)28-12-21(24,26)14-5-7-15(22)8-6-14/h2-9,17,26H,10,12H2,1H3/t17-,21+/m0/s1. The van der Waals surface area contributed by atoms with Gasteiger partial charge in [-0.15, -0.1) is 11.8 Å². The molecule has 0 unspecified atom stereocenters. The van der Waals surface area contributed by atoms with Gasteiger partial charge < -0.3 is 9.84 Å². The fourth-order valence-electron chi connectivity index (χ4n) is 3.70. The first-order valence-corrected chi connectivity index (χ1v) is 9.69. The highest BCUT2D eigenvalue weighted by atomic mass is 32.2. The molecule has 2 heterocycles. The maximum atomic E-state index is 13.3. The fourth-order valence-corrected chi connectivity index (χ4v) is 5.06. The van der Waals surface area contributed by atoms with E-state index in [-0.39, 0.29) is 18.1 Å². The maximum Gasteiger partial charge on any atom is 0.231 e. The molecule has 0 aromatic heterocycles. The molecule has 1 fully saturated rings. The zero-order valence-electron chi connectivity index (χ0n) is 15.1. The van der Waals surface area contributed by atoms with Crippen molar-refractivity contribution in [2.24, 2.45) is 0 Å². The van der Waals surface area contributed by atoms with E-state index in [2.05, 4.69) is 6.07 Å². The number of benzene rings is 2. The molecule has 0 radical (unpaired) electrons. The highest BCUT2D eigenvalue weighted by Crippen LogP contribution is 2.51. The van der Waals surface area contributed by atoms with Crippen LogP contribution in [0, 0.1) is 17.1 Å². The molecule has 2 aromatic rings. The van der Waals surface area contributed by atoms with E-state index in [1.165, 1.54) is 40.9 Å². The molecule has 0 spiro atoms. The number of halogens is 1. The SMILES string of the molecule is COc1cccc([C@@H]2CC(=O)N3C(=C2C#N)SC[C@@]3(O)c2ccc(F)cc2)c1. The topological polar surface area (TPSA) is 73.6 Å². The van der Waals surface area contributed by atoms with E-state index in [0.29, 0.717) is 21.9 Å². The molecule has 7 heteroatoms. The second kappa shape index (κ2) is 6.97. The number of carbonyl (C=O) groups excluding carboxylic acids is 1. The zero-order valence-corrected chi connectivity index (χ0v) is 15.9. The van der Waals surface area contributed by atoms with Crippen LogP contribution < -0.4 is 4.74 Å². The van der Waals surface area contributed by atoms with Gasteiger partial charge in [-0.25, -0.2) is 4.39 Å². The molecule has 2 aliphatic heterocycles. The van der Waals surface area contributed by atoms with Crippen LogP contribution in [0.15, 0.2) is 59.1 Å². The molecule has 2 aliphatic rings. The predicted octanol–water partition coefficient (Wildman–Crippen LogP) is 3.48. The van der Waals surface area contributed by atoms with Crippen LogP contribution in [0.5, 0.6) is 5.75 Å². The molecule has 1 amide bonds. The van der Waals surface area contributed by atoms with Gasteiger partial charge in [0, 0.05) is 17.9 Å². The summed E-state index contributed by atoms with van der Waals surface area (Å²) < 4.78 is 18.6. The molecule has 142 valence electrons. The van der Waals surface area contributed by atoms with Gasteiger partial charge in [-0.1, -0.05) is 24.3 Å². The van der Waals surface area contributed by atoms with Gasteiger partial charge in [0.1, 0.15) is 11.6 Å². The molecule has 1 N–H and O–H groups in total. The average molecular weight is 396 g/mol. The summed E-state index contributed by atoms with van der Waals surface area (Å²) >= 11 is 1.26. The minimum Gasteiger partial charge on any atom is -0.497 e. The molecule has 1 saturated heterocycles. The zero-order chi connectivity index (χ0) is 19.9. The second-order valence-electron chi connectivity index (χ2n) is 6.71. The van der Waals surface area contributed by atoms with Crippen LogP contribution in [0.2, 0.25) is 0 Å². The molecular weight excluding hydrogens is 379 g/mol. The summed E-state index contributed by atoms with van der Waals surface area (Å²) in [6, 6.07) is 15.0. The van der Waals surface area contributed by atoms with Crippen molar-refractivity contribution in [3.05, 3.63) is 76.1 Å². The van der Waals surface area contributed by atoms with Crippen LogP contribution in [-0.2, 0) is 10.5 Å². The Morgan fingerprint density at radius 3 is 2.75 bits per heavy atom. The number of nitrogens with zero attached hydrogens (tertiary/aromatic N) is 2. The second-order valence-corrected chi connectivity index (χ2v) is 7.67. The number of nitriles is 1. The van der Waals surface area contributed by atoms with E-state index < -0.39 is 17.5 Å². The van der Waals surface area contributed by atoms with E-state index >= 15 is 0 Å². The van der Waals surface area contributed by atoms with Crippen LogP contribution in [0.3, 0.4) is 0 Å². The van der Waals surface area contributed by atoms with Crippen LogP contribution in [0.25, 0.3) is 0 Å². The minimum absolute atomic E-state index is 0.0592. The van der Waals surface area contributed by atoms with Crippen LogP contribution in [0.4, 0.5) is 4.39 Å². The lowest BCUT2D eigenvalue weighted by Gasteiger charge is -2.38. The molecule has 2 atom stereocenters. The van der Waals surface area contributed by atoms with E-state index in [1.54, 1.807) is 13.2 Å². The summed E-state index contributed by atoms with van der Waals surface area (Å²) in [6.07, 6.45) is 0.0592. The number of rotatable bonds is 3. The third kappa shape index (κ3) is 2.86. The Bertz CT molecular complexity index is 1020. The normalized spacial score (nSPS) is 24.1. The molecule has 0 aliphatic carbocycles. The van der Waals surface area contributed by atoms with Crippen molar-refractivity contribution < 1.29 is 19.0 Å². The van der Waals surface area contributed by atoms with Crippen LogP contribution in [0.1, 0.15) is 23.5 Å². The van der Waals surface area contributed by atoms with Crippen molar-refractivity contribution >= 4 is 17.7 Å². The summed E-state index contributed by atoms with van der Waals surface area (Å²) in [5.74, 6) is -0.276. The van der Waals surface area contributed by atoms with Crippen molar-refractivity contribution in [2.75, 3.05) is 12.9 Å². The van der Waals surface area contributed by atoms with Crippen molar-refractivity contribution in [3.8, 4) is 11.8 Å². The lowest BCUT2D eigenvalue weighted by atomic mass is 9.85. The monoisotopic (exact) mass is 396 g/mol. The Kier molecular flexibility index (Phi) is 4.61. The third-order valence-corrected chi connectivity index (χ3v) is 6.34. The first-order chi connectivity index (χ1) is 13.5. The van der Waals surface area contributed by atoms with Gasteiger partial charge in [0.05, 0.1) is 29.5 Å². The number of allylic oxidation sites excluding steroid dienone is 1. The van der Waals surface area contributed by atoms with E-state index in [0.717, 1.165) is 5.56 Å². The van der Waals surface area contributed by atoms with Crippen LogP contribution in [-0.4, -0.2) is 28.8 Å². The lowest BCUT2D eigenvalue weighted by Crippen LogP contribution is -2.48. The van der Waals surface area contributed by atoms with Gasteiger partial charge in [-0.3, -0.25) is 9.69 Å². The highest BCUT2D eigenvalue weighted by Gasteiger charge is 2.51. The van der Waals surface area contributed by atoms with Gasteiger partial charge in [-0.05, 0) is 29.8 Å². The number of carbonyl (C=O) groups is 1. The number of thioether (sulfide) groups is 1. The number of aliphatic hydroxyl groups is 1. The summed E-state index contributed by atoms with van der Waals surface area (Å²) in [5, 5.41) is 21.6. The van der Waals surface area contributed by atoms with E-state index in [9.17, 15) is 19.6 Å². The van der Waals surface area contributed by atoms with Gasteiger partial charge in [0.2, 0.25) is 5.91 Å². The summed E-state index contributed by atoms with van der Waals surface area (Å²) in [7, 11) is 1.56. The average Bonchev–Trinajstić information content (AvgIpc) is 3.07. The number of methoxy groups -OCH3 is 1. The van der Waals surface area contributed by atoms with Crippen LogP contribution >= 0.6 is 11.8 Å². The first-order valence-electron chi connectivity index (χ1n) is 8.70. The van der Waals surface area contributed by atoms with Crippen molar-refractivity contribution in [2.45, 2.75) is 18.1 Å². The van der Waals surface area contributed by atoms with Gasteiger partial charge in [0.25, 0.3) is 0 Å². The van der Waals surface area contributed by atoms with Gasteiger partial charge in [0.15, 0.2) is 5.72 Å². The van der Waals surface area contributed by atoms with Crippen molar-refractivity contribution in [1.29, 1.82) is 5.26 Å². The molecule has 0 bridgehead atoms. The number of fused-ring (bicyclic) bond motifs is 1.